The van der Waals surface area contributed by atoms with Crippen molar-refractivity contribution >= 4 is 5.96 Å². The summed E-state index contributed by atoms with van der Waals surface area (Å²) in [4.78, 5) is 12.4. The summed E-state index contributed by atoms with van der Waals surface area (Å²) >= 11 is 0. The molecule has 2 aromatic carbocycles. The summed E-state index contributed by atoms with van der Waals surface area (Å²) in [6, 6.07) is 20.0. The van der Waals surface area contributed by atoms with Gasteiger partial charge in [-0.2, -0.15) is 0 Å². The molecular weight excluding hydrogens is 350 g/mol. The summed E-state index contributed by atoms with van der Waals surface area (Å²) in [6.07, 6.45) is 2.74. The van der Waals surface area contributed by atoms with Crippen molar-refractivity contribution in [2.45, 2.75) is 19.9 Å². The molecule has 0 saturated heterocycles. The van der Waals surface area contributed by atoms with Crippen LogP contribution in [-0.4, -0.2) is 35.6 Å². The Morgan fingerprint density at radius 2 is 1.79 bits per heavy atom. The first-order valence-electron chi connectivity index (χ1n) is 9.64. The summed E-state index contributed by atoms with van der Waals surface area (Å²) in [5, 5.41) is 6.59. The van der Waals surface area contributed by atoms with Crippen molar-refractivity contribution in [2.24, 2.45) is 4.99 Å². The smallest absolute Gasteiger partial charge is 0.191 e. The Balaban J connectivity index is 1.45. The lowest BCUT2D eigenvalue weighted by molar-refractivity contribution is 0.311. The number of imidazole rings is 1. The molecule has 3 N–H and O–H groups in total. The van der Waals surface area contributed by atoms with Crippen LogP contribution in [0.3, 0.4) is 0 Å². The van der Waals surface area contributed by atoms with Gasteiger partial charge in [0.05, 0.1) is 18.5 Å². The van der Waals surface area contributed by atoms with Gasteiger partial charge < -0.3 is 20.4 Å². The number of rotatable bonds is 9. The Labute approximate surface area is 166 Å². The molecule has 0 fully saturated rings. The molecule has 0 aliphatic carbocycles. The van der Waals surface area contributed by atoms with Gasteiger partial charge in [0.2, 0.25) is 0 Å². The Hall–Kier alpha value is -3.28. The fourth-order valence-corrected chi connectivity index (χ4v) is 2.69. The van der Waals surface area contributed by atoms with Crippen LogP contribution in [0.4, 0.5) is 0 Å². The molecule has 0 atom stereocenters. The van der Waals surface area contributed by atoms with Crippen molar-refractivity contribution in [1.29, 1.82) is 0 Å². The van der Waals surface area contributed by atoms with Crippen molar-refractivity contribution in [3.63, 3.8) is 0 Å². The van der Waals surface area contributed by atoms with E-state index in [1.807, 2.05) is 54.7 Å². The molecule has 146 valence electrons. The Bertz CT molecular complexity index is 846. The number of guanidine groups is 1. The minimum Gasteiger partial charge on any atom is -0.494 e. The highest BCUT2D eigenvalue weighted by molar-refractivity contribution is 5.79. The third-order valence-corrected chi connectivity index (χ3v) is 4.07. The van der Waals surface area contributed by atoms with Gasteiger partial charge in [-0.3, -0.25) is 0 Å². The van der Waals surface area contributed by atoms with Crippen molar-refractivity contribution in [1.82, 2.24) is 20.6 Å². The third kappa shape index (κ3) is 6.16. The number of hydrogen-bond acceptors (Lipinski definition) is 3. The van der Waals surface area contributed by atoms with Crippen molar-refractivity contribution in [2.75, 3.05) is 19.7 Å². The number of para-hydroxylation sites is 1. The Morgan fingerprint density at radius 3 is 2.54 bits per heavy atom. The lowest BCUT2D eigenvalue weighted by Crippen LogP contribution is -2.38. The van der Waals surface area contributed by atoms with Crippen LogP contribution >= 0.6 is 0 Å². The van der Waals surface area contributed by atoms with Gasteiger partial charge in [0.15, 0.2) is 5.96 Å². The van der Waals surface area contributed by atoms with Gasteiger partial charge in [0.1, 0.15) is 18.1 Å². The highest BCUT2D eigenvalue weighted by Gasteiger charge is 2.03. The zero-order chi connectivity index (χ0) is 19.4. The molecular formula is C22H27N5O. The van der Waals surface area contributed by atoms with Crippen LogP contribution in [0, 0.1) is 0 Å². The number of H-pyrrole nitrogens is 1. The zero-order valence-corrected chi connectivity index (χ0v) is 16.2. The van der Waals surface area contributed by atoms with Crippen LogP contribution in [-0.2, 0) is 6.54 Å². The van der Waals surface area contributed by atoms with E-state index in [0.717, 1.165) is 48.3 Å². The second-order valence-corrected chi connectivity index (χ2v) is 6.25. The highest BCUT2D eigenvalue weighted by atomic mass is 16.5. The molecule has 28 heavy (non-hydrogen) atoms. The maximum atomic E-state index is 5.71. The minimum absolute atomic E-state index is 0.489. The van der Waals surface area contributed by atoms with Gasteiger partial charge in [0.25, 0.3) is 0 Å². The van der Waals surface area contributed by atoms with Crippen LogP contribution in [0.15, 0.2) is 71.9 Å². The van der Waals surface area contributed by atoms with E-state index in [1.54, 1.807) is 0 Å². The predicted octanol–water partition coefficient (Wildman–Crippen LogP) is 3.60. The predicted molar refractivity (Wildman–Crippen MR) is 113 cm³/mol. The molecule has 6 nitrogen and oxygen atoms in total. The lowest BCUT2D eigenvalue weighted by atomic mass is 10.2. The molecule has 0 unspecified atom stereocenters. The first-order valence-corrected chi connectivity index (χ1v) is 9.64. The summed E-state index contributed by atoms with van der Waals surface area (Å²) in [6.45, 7) is 4.79. The molecule has 0 amide bonds. The van der Waals surface area contributed by atoms with Crippen molar-refractivity contribution in [3.8, 4) is 17.0 Å². The van der Waals surface area contributed by atoms with Crippen molar-refractivity contribution < 1.29 is 4.74 Å². The number of aromatic nitrogens is 2. The van der Waals surface area contributed by atoms with E-state index in [2.05, 4.69) is 44.7 Å². The normalized spacial score (nSPS) is 11.2. The molecule has 0 radical (unpaired) electrons. The van der Waals surface area contributed by atoms with Gasteiger partial charge >= 0.3 is 0 Å². The quantitative estimate of drug-likeness (QED) is 0.303. The second-order valence-electron chi connectivity index (χ2n) is 6.25. The fraction of sp³-hybridized carbons (Fsp3) is 0.273. The van der Waals surface area contributed by atoms with Gasteiger partial charge in [-0.25, -0.2) is 9.98 Å². The summed E-state index contributed by atoms with van der Waals surface area (Å²) in [7, 11) is 0. The average Bonchev–Trinajstić information content (AvgIpc) is 3.22. The SMILES string of the molecule is CCNC(=NCc1ncc(-c2ccccc2)[nH]1)NCCCOc1ccccc1. The van der Waals surface area contributed by atoms with Crippen LogP contribution in [0.25, 0.3) is 11.3 Å². The van der Waals surface area contributed by atoms with Crippen LogP contribution in [0.5, 0.6) is 5.75 Å². The molecule has 0 aliphatic heterocycles. The van der Waals surface area contributed by atoms with E-state index in [9.17, 15) is 0 Å². The molecule has 3 rings (SSSR count). The molecule has 0 bridgehead atoms. The van der Waals surface area contributed by atoms with E-state index in [4.69, 9.17) is 4.74 Å². The number of hydrogen-bond donors (Lipinski definition) is 3. The zero-order valence-electron chi connectivity index (χ0n) is 16.2. The van der Waals surface area contributed by atoms with Gasteiger partial charge in [-0.05, 0) is 31.0 Å². The average molecular weight is 377 g/mol. The number of aromatic amines is 1. The number of nitrogens with zero attached hydrogens (tertiary/aromatic N) is 2. The number of ether oxygens (including phenoxy) is 1. The van der Waals surface area contributed by atoms with E-state index < -0.39 is 0 Å². The number of nitrogens with one attached hydrogen (secondary N) is 3. The molecule has 1 heterocycles. The largest absolute Gasteiger partial charge is 0.494 e. The van der Waals surface area contributed by atoms with Crippen LogP contribution in [0.2, 0.25) is 0 Å². The van der Waals surface area contributed by atoms with Crippen LogP contribution in [0.1, 0.15) is 19.2 Å². The van der Waals surface area contributed by atoms with E-state index in [0.29, 0.717) is 13.2 Å². The Morgan fingerprint density at radius 1 is 1.04 bits per heavy atom. The molecule has 0 spiro atoms. The third-order valence-electron chi connectivity index (χ3n) is 4.07. The summed E-state index contributed by atoms with van der Waals surface area (Å²) < 4.78 is 5.71. The first kappa shape index (κ1) is 19.5. The number of aliphatic imine (C=N–C) groups is 1. The first-order chi connectivity index (χ1) is 13.8. The maximum absolute atomic E-state index is 5.71. The van der Waals surface area contributed by atoms with E-state index >= 15 is 0 Å². The summed E-state index contributed by atoms with van der Waals surface area (Å²) in [5.41, 5.74) is 2.12. The minimum atomic E-state index is 0.489. The molecule has 0 aliphatic rings. The highest BCUT2D eigenvalue weighted by Crippen LogP contribution is 2.16. The fourth-order valence-electron chi connectivity index (χ4n) is 2.69. The molecule has 6 heteroatoms. The lowest BCUT2D eigenvalue weighted by Gasteiger charge is -2.11. The topological polar surface area (TPSA) is 74.3 Å². The van der Waals surface area contributed by atoms with Gasteiger partial charge in [-0.1, -0.05) is 48.5 Å². The standard InChI is InChI=1S/C22H27N5O/c1-2-23-22(24-14-9-15-28-19-12-7-4-8-13-19)26-17-21-25-16-20(27-21)18-10-5-3-6-11-18/h3-8,10-13,16H,2,9,14-15,17H2,1H3,(H,25,27)(H2,23,24,26). The molecule has 1 aromatic heterocycles. The monoisotopic (exact) mass is 377 g/mol. The van der Waals surface area contributed by atoms with E-state index in [-0.39, 0.29) is 0 Å². The maximum Gasteiger partial charge on any atom is 0.191 e. The van der Waals surface area contributed by atoms with E-state index in [1.165, 1.54) is 0 Å². The van der Waals surface area contributed by atoms with Crippen molar-refractivity contribution in [3.05, 3.63) is 72.7 Å². The molecule has 0 saturated carbocycles. The number of benzene rings is 2. The second kappa shape index (κ2) is 10.8. The van der Waals surface area contributed by atoms with Gasteiger partial charge in [0, 0.05) is 13.1 Å². The molecule has 3 aromatic rings. The van der Waals surface area contributed by atoms with Crippen LogP contribution < -0.4 is 15.4 Å². The van der Waals surface area contributed by atoms with Gasteiger partial charge in [-0.15, -0.1) is 0 Å². The summed E-state index contributed by atoms with van der Waals surface area (Å²) in [5.74, 6) is 2.51. The Kier molecular flexibility index (Phi) is 7.49.